The van der Waals surface area contributed by atoms with Gasteiger partial charge in [0.25, 0.3) is 0 Å². The van der Waals surface area contributed by atoms with E-state index in [0.717, 1.165) is 15.6 Å². The molecule has 2 atom stereocenters. The van der Waals surface area contributed by atoms with Crippen LogP contribution in [-0.4, -0.2) is 16.5 Å². The highest BCUT2D eigenvalue weighted by atomic mass is 35.5. The van der Waals surface area contributed by atoms with Crippen LogP contribution in [0.3, 0.4) is 0 Å². The Morgan fingerprint density at radius 3 is 2.91 bits per heavy atom. The molecule has 5 heteroatoms. The summed E-state index contributed by atoms with van der Waals surface area (Å²) in [6.45, 7) is 2.55. The largest absolute Gasteiger partial charge is 0.593 e. The zero-order chi connectivity index (χ0) is 16.2. The van der Waals surface area contributed by atoms with Gasteiger partial charge in [0.2, 0.25) is 4.24 Å². The lowest BCUT2D eigenvalue weighted by molar-refractivity contribution is 0.592. The first-order valence-corrected chi connectivity index (χ1v) is 9.83. The molecule has 3 rings (SSSR count). The summed E-state index contributed by atoms with van der Waals surface area (Å²) >= 11 is 6.41. The van der Waals surface area contributed by atoms with Crippen LogP contribution in [0.15, 0.2) is 80.5 Å². The first kappa shape index (κ1) is 16.9. The predicted molar refractivity (Wildman–Crippen MR) is 102 cm³/mol. The maximum absolute atomic E-state index is 12.5. The third-order valence-corrected chi connectivity index (χ3v) is 6.32. The third kappa shape index (κ3) is 4.55. The number of hydrogen-bond donors (Lipinski definition) is 1. The number of fused-ring (bicyclic) bond motifs is 2. The van der Waals surface area contributed by atoms with E-state index in [9.17, 15) is 4.55 Å². The van der Waals surface area contributed by atoms with Crippen molar-refractivity contribution < 1.29 is 4.55 Å². The Hall–Kier alpha value is -0.910. The number of halogens is 1. The SMILES string of the molecule is CC1=CC(Cl)C=C([S+]([O-])NCC2=C3C=CC=CC(=CC=C2)C3)S1. The van der Waals surface area contributed by atoms with Gasteiger partial charge in [0, 0.05) is 6.08 Å². The zero-order valence-electron chi connectivity index (χ0n) is 12.8. The van der Waals surface area contributed by atoms with Gasteiger partial charge in [-0.1, -0.05) is 48.6 Å². The van der Waals surface area contributed by atoms with Crippen molar-refractivity contribution in [1.82, 2.24) is 4.72 Å². The van der Waals surface area contributed by atoms with Crippen molar-refractivity contribution in [2.45, 2.75) is 18.7 Å². The van der Waals surface area contributed by atoms with Crippen molar-refractivity contribution >= 4 is 34.7 Å². The van der Waals surface area contributed by atoms with Crippen LogP contribution < -0.4 is 4.72 Å². The standard InChI is InChI=1S/C18H18ClNOS2/c1-13-9-17(19)11-18(22-13)23(21)20-12-16-8-4-6-14-5-2-3-7-15(16)10-14/h2-9,11,17,20H,10,12H2,1H3. The Labute approximate surface area is 149 Å². The quantitative estimate of drug-likeness (QED) is 0.583. The highest BCUT2D eigenvalue weighted by molar-refractivity contribution is 8.20. The number of hydrogen-bond acceptors (Lipinski definition) is 3. The minimum atomic E-state index is -1.24. The van der Waals surface area contributed by atoms with E-state index < -0.39 is 11.4 Å². The van der Waals surface area contributed by atoms with Gasteiger partial charge in [-0.2, -0.15) is 0 Å². The van der Waals surface area contributed by atoms with Crippen molar-refractivity contribution in [3.63, 3.8) is 0 Å². The van der Waals surface area contributed by atoms with E-state index in [-0.39, 0.29) is 5.38 Å². The number of alkyl halides is 1. The fourth-order valence-corrected chi connectivity index (χ4v) is 5.39. The highest BCUT2D eigenvalue weighted by Crippen LogP contribution is 2.34. The smallest absolute Gasteiger partial charge is 0.209 e. The first-order chi connectivity index (χ1) is 11.1. The van der Waals surface area contributed by atoms with Crippen LogP contribution in [0, 0.1) is 0 Å². The molecule has 0 aromatic heterocycles. The van der Waals surface area contributed by atoms with E-state index in [1.807, 2.05) is 19.1 Å². The van der Waals surface area contributed by atoms with Crippen LogP contribution in [0.25, 0.3) is 0 Å². The maximum Gasteiger partial charge on any atom is 0.209 e. The lowest BCUT2D eigenvalue weighted by Crippen LogP contribution is -2.27. The van der Waals surface area contributed by atoms with Crippen LogP contribution in [0.1, 0.15) is 13.3 Å². The minimum absolute atomic E-state index is 0.181. The number of nitrogens with one attached hydrogen (secondary N) is 1. The van der Waals surface area contributed by atoms with Gasteiger partial charge in [0.1, 0.15) is 0 Å². The van der Waals surface area contributed by atoms with Gasteiger partial charge in [-0.05, 0) is 46.7 Å². The molecule has 2 bridgehead atoms. The molecule has 0 saturated carbocycles. The molecular weight excluding hydrogens is 346 g/mol. The topological polar surface area (TPSA) is 35.1 Å². The third-order valence-electron chi connectivity index (χ3n) is 3.66. The van der Waals surface area contributed by atoms with E-state index in [4.69, 9.17) is 11.6 Å². The Morgan fingerprint density at radius 2 is 2.09 bits per heavy atom. The summed E-state index contributed by atoms with van der Waals surface area (Å²) in [7, 11) is 0. The molecule has 0 amide bonds. The molecule has 1 heterocycles. The molecule has 2 nitrogen and oxygen atoms in total. The van der Waals surface area contributed by atoms with Crippen molar-refractivity contribution in [1.29, 1.82) is 0 Å². The molecule has 0 fully saturated rings. The predicted octanol–water partition coefficient (Wildman–Crippen LogP) is 4.65. The number of allylic oxidation sites excluding steroid dienone is 11. The van der Waals surface area contributed by atoms with E-state index in [1.54, 1.807) is 0 Å². The first-order valence-electron chi connectivity index (χ1n) is 7.43. The maximum atomic E-state index is 12.5. The van der Waals surface area contributed by atoms with E-state index in [0.29, 0.717) is 6.54 Å². The second-order valence-electron chi connectivity index (χ2n) is 5.45. The summed E-state index contributed by atoms with van der Waals surface area (Å²) in [5, 5.41) is -0.181. The van der Waals surface area contributed by atoms with Gasteiger partial charge in [0.05, 0.1) is 23.3 Å². The molecule has 1 N–H and O–H groups in total. The zero-order valence-corrected chi connectivity index (χ0v) is 15.2. The number of thioether (sulfide) groups is 1. The molecular formula is C18H18ClNOS2. The minimum Gasteiger partial charge on any atom is -0.593 e. The normalized spacial score (nSPS) is 24.7. The van der Waals surface area contributed by atoms with Crippen LogP contribution in [-0.2, 0) is 11.4 Å². The fourth-order valence-electron chi connectivity index (χ4n) is 2.53. The Bertz CT molecular complexity index is 698. The second kappa shape index (κ2) is 7.77. The van der Waals surface area contributed by atoms with Crippen LogP contribution >= 0.6 is 23.4 Å². The van der Waals surface area contributed by atoms with Crippen molar-refractivity contribution in [3.05, 3.63) is 80.5 Å². The van der Waals surface area contributed by atoms with Crippen molar-refractivity contribution in [2.75, 3.05) is 6.54 Å². The van der Waals surface area contributed by atoms with Gasteiger partial charge in [-0.25, -0.2) is 0 Å². The summed E-state index contributed by atoms with van der Waals surface area (Å²) < 4.78 is 16.4. The molecule has 1 aliphatic heterocycles. The van der Waals surface area contributed by atoms with Gasteiger partial charge < -0.3 is 4.55 Å². The van der Waals surface area contributed by atoms with Crippen LogP contribution in [0.4, 0.5) is 0 Å². The average molecular weight is 364 g/mol. The molecule has 2 unspecified atom stereocenters. The monoisotopic (exact) mass is 363 g/mol. The molecule has 0 spiro atoms. The second-order valence-corrected chi connectivity index (χ2v) is 8.76. The van der Waals surface area contributed by atoms with Crippen LogP contribution in [0.2, 0.25) is 0 Å². The summed E-state index contributed by atoms with van der Waals surface area (Å²) in [5.74, 6) is 0. The van der Waals surface area contributed by atoms with E-state index >= 15 is 0 Å². The Morgan fingerprint density at radius 1 is 1.26 bits per heavy atom. The molecule has 0 aromatic carbocycles. The Kier molecular flexibility index (Phi) is 5.72. The summed E-state index contributed by atoms with van der Waals surface area (Å²) in [6.07, 6.45) is 19.4. The molecule has 120 valence electrons. The van der Waals surface area contributed by atoms with Gasteiger partial charge >= 0.3 is 0 Å². The molecule has 0 radical (unpaired) electrons. The lowest BCUT2D eigenvalue weighted by atomic mass is 10.0. The lowest BCUT2D eigenvalue weighted by Gasteiger charge is -2.18. The highest BCUT2D eigenvalue weighted by Gasteiger charge is 2.22. The van der Waals surface area contributed by atoms with Gasteiger partial charge in [-0.15, -0.1) is 16.3 Å². The summed E-state index contributed by atoms with van der Waals surface area (Å²) in [6, 6.07) is 0. The summed E-state index contributed by atoms with van der Waals surface area (Å²) in [5.41, 5.74) is 3.71. The molecule has 23 heavy (non-hydrogen) atoms. The molecule has 0 aromatic rings. The molecule has 0 saturated heterocycles. The average Bonchev–Trinajstić information content (AvgIpc) is 2.86. The van der Waals surface area contributed by atoms with Crippen LogP contribution in [0.5, 0.6) is 0 Å². The van der Waals surface area contributed by atoms with Crippen molar-refractivity contribution in [3.8, 4) is 0 Å². The molecule has 2 aliphatic carbocycles. The van der Waals surface area contributed by atoms with Crippen molar-refractivity contribution in [2.24, 2.45) is 0 Å². The van der Waals surface area contributed by atoms with E-state index in [1.165, 1.54) is 28.5 Å². The summed E-state index contributed by atoms with van der Waals surface area (Å²) in [4.78, 5) is 1.08. The van der Waals surface area contributed by atoms with Gasteiger partial charge in [-0.3, -0.25) is 0 Å². The fraction of sp³-hybridized carbons (Fsp3) is 0.222. The molecule has 3 aliphatic rings. The number of rotatable bonds is 4. The van der Waals surface area contributed by atoms with Gasteiger partial charge in [0.15, 0.2) is 0 Å². The Balaban J connectivity index is 1.67. The van der Waals surface area contributed by atoms with E-state index in [2.05, 4.69) is 47.3 Å².